The zero-order valence-corrected chi connectivity index (χ0v) is 8.96. The van der Waals surface area contributed by atoms with Crippen molar-refractivity contribution in [3.05, 3.63) is 30.2 Å². The highest BCUT2D eigenvalue weighted by Crippen LogP contribution is 2.23. The summed E-state index contributed by atoms with van der Waals surface area (Å²) in [4.78, 5) is 20.0. The van der Waals surface area contributed by atoms with Crippen molar-refractivity contribution in [2.45, 2.75) is 12.5 Å². The Balaban J connectivity index is 2.24. The molecule has 0 aliphatic heterocycles. The highest BCUT2D eigenvalue weighted by Gasteiger charge is 2.27. The number of hydrogen-bond acceptors (Lipinski definition) is 5. The summed E-state index contributed by atoms with van der Waals surface area (Å²) in [6.07, 6.45) is 7.26. The first-order valence-corrected chi connectivity index (χ1v) is 5.05. The number of hydrogen-bond donors (Lipinski definition) is 1. The Hall–Kier alpha value is -1.75. The standard InChI is InChI=1S/C11H13N3O2/c1-16-11-9(13-4-5-14-11)10(15)7-2-3-8(12)6-7/h2-5,7-8H,6,12H2,1H3. The highest BCUT2D eigenvalue weighted by atomic mass is 16.5. The lowest BCUT2D eigenvalue weighted by atomic mass is 10.0. The fraction of sp³-hybridized carbons (Fsp3) is 0.364. The molecule has 0 bridgehead atoms. The van der Waals surface area contributed by atoms with Crippen molar-refractivity contribution >= 4 is 5.78 Å². The average Bonchev–Trinajstić information content (AvgIpc) is 2.75. The molecular weight excluding hydrogens is 206 g/mol. The Kier molecular flexibility index (Phi) is 2.96. The molecule has 0 saturated heterocycles. The molecule has 1 aromatic rings. The van der Waals surface area contributed by atoms with Gasteiger partial charge in [0, 0.05) is 24.4 Å². The maximum absolute atomic E-state index is 12.1. The van der Waals surface area contributed by atoms with Crippen LogP contribution in [-0.2, 0) is 0 Å². The third kappa shape index (κ3) is 1.94. The molecule has 0 radical (unpaired) electrons. The lowest BCUT2D eigenvalue weighted by Gasteiger charge is -2.09. The molecule has 5 nitrogen and oxygen atoms in total. The van der Waals surface area contributed by atoms with E-state index in [-0.39, 0.29) is 29.3 Å². The molecule has 2 unspecified atom stereocenters. The molecule has 0 amide bonds. The Bertz CT molecular complexity index is 431. The van der Waals surface area contributed by atoms with Gasteiger partial charge in [0.2, 0.25) is 5.88 Å². The van der Waals surface area contributed by atoms with E-state index in [1.807, 2.05) is 12.2 Å². The number of ketones is 1. The zero-order chi connectivity index (χ0) is 11.5. The molecule has 16 heavy (non-hydrogen) atoms. The minimum atomic E-state index is -0.208. The number of ether oxygens (including phenoxy) is 1. The van der Waals surface area contributed by atoms with Crippen LogP contribution in [0.5, 0.6) is 5.88 Å². The van der Waals surface area contributed by atoms with Gasteiger partial charge in [0.05, 0.1) is 7.11 Å². The van der Waals surface area contributed by atoms with Gasteiger partial charge in [-0.25, -0.2) is 9.97 Å². The van der Waals surface area contributed by atoms with Gasteiger partial charge >= 0.3 is 0 Å². The van der Waals surface area contributed by atoms with Crippen molar-refractivity contribution in [3.8, 4) is 5.88 Å². The molecule has 84 valence electrons. The number of Topliss-reactive ketones (excluding diaryl/α,β-unsaturated/α-hetero) is 1. The minimum absolute atomic E-state index is 0.0448. The van der Waals surface area contributed by atoms with Crippen molar-refractivity contribution in [1.82, 2.24) is 9.97 Å². The largest absolute Gasteiger partial charge is 0.479 e. The summed E-state index contributed by atoms with van der Waals surface area (Å²) in [5.74, 6) is -0.0314. The van der Waals surface area contributed by atoms with E-state index < -0.39 is 0 Å². The van der Waals surface area contributed by atoms with Crippen LogP contribution in [0, 0.1) is 5.92 Å². The normalized spacial score (nSPS) is 23.4. The summed E-state index contributed by atoms with van der Waals surface area (Å²) < 4.78 is 5.00. The molecule has 1 aromatic heterocycles. The molecule has 2 rings (SSSR count). The van der Waals surface area contributed by atoms with Crippen LogP contribution in [0.25, 0.3) is 0 Å². The van der Waals surface area contributed by atoms with Gasteiger partial charge in [0.25, 0.3) is 0 Å². The summed E-state index contributed by atoms with van der Waals surface area (Å²) in [5, 5.41) is 0. The summed E-state index contributed by atoms with van der Waals surface area (Å²) in [5.41, 5.74) is 5.98. The van der Waals surface area contributed by atoms with E-state index in [0.29, 0.717) is 6.42 Å². The monoisotopic (exact) mass is 219 g/mol. The Morgan fingerprint density at radius 2 is 2.19 bits per heavy atom. The lowest BCUT2D eigenvalue weighted by Crippen LogP contribution is -2.20. The first-order valence-electron chi connectivity index (χ1n) is 5.05. The van der Waals surface area contributed by atoms with Crippen molar-refractivity contribution in [3.63, 3.8) is 0 Å². The van der Waals surface area contributed by atoms with E-state index >= 15 is 0 Å². The number of allylic oxidation sites excluding steroid dienone is 1. The van der Waals surface area contributed by atoms with Crippen LogP contribution in [-0.4, -0.2) is 28.9 Å². The first kappa shape index (κ1) is 10.8. The van der Waals surface area contributed by atoms with Gasteiger partial charge < -0.3 is 10.5 Å². The molecular formula is C11H13N3O2. The van der Waals surface area contributed by atoms with Crippen molar-refractivity contribution in [1.29, 1.82) is 0 Å². The minimum Gasteiger partial charge on any atom is -0.479 e. The lowest BCUT2D eigenvalue weighted by molar-refractivity contribution is 0.0933. The van der Waals surface area contributed by atoms with Crippen molar-refractivity contribution < 1.29 is 9.53 Å². The van der Waals surface area contributed by atoms with E-state index in [0.717, 1.165) is 0 Å². The van der Waals surface area contributed by atoms with Crippen LogP contribution in [0.4, 0.5) is 0 Å². The molecule has 0 fully saturated rings. The fourth-order valence-electron chi connectivity index (χ4n) is 1.74. The fourth-order valence-corrected chi connectivity index (χ4v) is 1.74. The number of nitrogens with zero attached hydrogens (tertiary/aromatic N) is 2. The molecule has 0 aromatic carbocycles. The highest BCUT2D eigenvalue weighted by molar-refractivity contribution is 5.99. The molecule has 1 aliphatic rings. The Labute approximate surface area is 93.3 Å². The molecule has 1 heterocycles. The van der Waals surface area contributed by atoms with Crippen LogP contribution in [0.2, 0.25) is 0 Å². The van der Waals surface area contributed by atoms with Crippen LogP contribution >= 0.6 is 0 Å². The number of aromatic nitrogens is 2. The summed E-state index contributed by atoms with van der Waals surface area (Å²) in [6, 6.07) is -0.0448. The van der Waals surface area contributed by atoms with Gasteiger partial charge in [0.15, 0.2) is 11.5 Å². The van der Waals surface area contributed by atoms with Crippen molar-refractivity contribution in [2.75, 3.05) is 7.11 Å². The maximum Gasteiger partial charge on any atom is 0.243 e. The average molecular weight is 219 g/mol. The maximum atomic E-state index is 12.1. The van der Waals surface area contributed by atoms with E-state index in [4.69, 9.17) is 10.5 Å². The second-order valence-corrected chi connectivity index (χ2v) is 3.67. The molecule has 2 atom stereocenters. The van der Waals surface area contributed by atoms with Crippen LogP contribution in [0.3, 0.4) is 0 Å². The number of carbonyl (C=O) groups is 1. The first-order chi connectivity index (χ1) is 7.72. The van der Waals surface area contributed by atoms with E-state index in [1.165, 1.54) is 19.5 Å². The van der Waals surface area contributed by atoms with Crippen molar-refractivity contribution in [2.24, 2.45) is 11.7 Å². The predicted molar refractivity (Wildman–Crippen MR) is 58.1 cm³/mol. The topological polar surface area (TPSA) is 78.1 Å². The van der Waals surface area contributed by atoms with Gasteiger partial charge in [-0.2, -0.15) is 0 Å². The smallest absolute Gasteiger partial charge is 0.243 e. The molecule has 1 aliphatic carbocycles. The molecule has 2 N–H and O–H groups in total. The second-order valence-electron chi connectivity index (χ2n) is 3.67. The van der Waals surface area contributed by atoms with Crippen LogP contribution in [0.1, 0.15) is 16.9 Å². The van der Waals surface area contributed by atoms with E-state index in [9.17, 15) is 4.79 Å². The van der Waals surface area contributed by atoms with Gasteiger partial charge in [0.1, 0.15) is 0 Å². The van der Waals surface area contributed by atoms with Gasteiger partial charge in [-0.05, 0) is 6.42 Å². The third-order valence-electron chi connectivity index (χ3n) is 2.54. The molecule has 0 spiro atoms. The molecule has 5 heteroatoms. The number of methoxy groups -OCH3 is 1. The third-order valence-corrected chi connectivity index (χ3v) is 2.54. The van der Waals surface area contributed by atoms with Gasteiger partial charge in [-0.3, -0.25) is 4.79 Å². The zero-order valence-electron chi connectivity index (χ0n) is 8.96. The summed E-state index contributed by atoms with van der Waals surface area (Å²) in [6.45, 7) is 0. The van der Waals surface area contributed by atoms with Crippen LogP contribution in [0.15, 0.2) is 24.5 Å². The van der Waals surface area contributed by atoms with Gasteiger partial charge in [-0.15, -0.1) is 0 Å². The number of carbonyl (C=O) groups excluding carboxylic acids is 1. The summed E-state index contributed by atoms with van der Waals surface area (Å²) >= 11 is 0. The van der Waals surface area contributed by atoms with Crippen LogP contribution < -0.4 is 10.5 Å². The molecule has 0 saturated carbocycles. The number of nitrogens with two attached hydrogens (primary N) is 1. The SMILES string of the molecule is COc1nccnc1C(=O)C1C=CC(N)C1. The quantitative estimate of drug-likeness (QED) is 0.594. The van der Waals surface area contributed by atoms with E-state index in [1.54, 1.807) is 0 Å². The predicted octanol–water partition coefficient (Wildman–Crippen LogP) is 0.571. The van der Waals surface area contributed by atoms with Gasteiger partial charge in [-0.1, -0.05) is 12.2 Å². The van der Waals surface area contributed by atoms with E-state index in [2.05, 4.69) is 9.97 Å². The Morgan fingerprint density at radius 1 is 1.44 bits per heavy atom. The summed E-state index contributed by atoms with van der Waals surface area (Å²) in [7, 11) is 1.47. The number of rotatable bonds is 3. The second kappa shape index (κ2) is 4.40. The Morgan fingerprint density at radius 3 is 2.81 bits per heavy atom.